The van der Waals surface area contributed by atoms with Gasteiger partial charge in [-0.2, -0.15) is 9.40 Å². The van der Waals surface area contributed by atoms with Crippen molar-refractivity contribution in [3.8, 4) is 23.1 Å². The van der Waals surface area contributed by atoms with Gasteiger partial charge >= 0.3 is 0 Å². The van der Waals surface area contributed by atoms with Crippen LogP contribution in [-0.2, 0) is 28.2 Å². The molecule has 0 radical (unpaired) electrons. The minimum Gasteiger partial charge on any atom is -0.475 e. The fourth-order valence-electron chi connectivity index (χ4n) is 5.14. The number of rotatable bonds is 12. The van der Waals surface area contributed by atoms with Crippen LogP contribution in [0.1, 0.15) is 32.9 Å². The predicted molar refractivity (Wildman–Crippen MR) is 162 cm³/mol. The van der Waals surface area contributed by atoms with Crippen molar-refractivity contribution in [2.75, 3.05) is 52.5 Å². The second kappa shape index (κ2) is 13.3. The number of sulfonamides is 1. The van der Waals surface area contributed by atoms with E-state index in [0.29, 0.717) is 62.7 Å². The molecule has 5 rings (SSSR count). The third kappa shape index (κ3) is 6.18. The van der Waals surface area contributed by atoms with E-state index in [0.717, 1.165) is 18.7 Å². The Morgan fingerprint density at radius 1 is 1.00 bits per heavy atom. The van der Waals surface area contributed by atoms with Gasteiger partial charge in [0.15, 0.2) is 11.3 Å². The highest BCUT2D eigenvalue weighted by atomic mass is 32.2. The van der Waals surface area contributed by atoms with E-state index in [9.17, 15) is 13.2 Å². The molecule has 5 heterocycles. The highest BCUT2D eigenvalue weighted by Gasteiger charge is 2.30. The van der Waals surface area contributed by atoms with Gasteiger partial charge in [-0.15, -0.1) is 0 Å². The standard InChI is InChI=1S/C29H38N8O5S/c1-5-10-23-25-26(33-37(23)24-11-8-9-12-30-24)29(38)34(4)27(32-25)22-19-21(20-31-28(22)42-18-17-41-7-3)43(39,40)36-15-13-35(6-2)14-16-36/h8-9,11-12,19-20H,5-7,10,13-18H2,1-4H3. The van der Waals surface area contributed by atoms with Gasteiger partial charge in [0.2, 0.25) is 15.9 Å². The van der Waals surface area contributed by atoms with Crippen LogP contribution in [0, 0.1) is 0 Å². The number of fused-ring (bicyclic) bond motifs is 1. The lowest BCUT2D eigenvalue weighted by molar-refractivity contribution is 0.108. The summed E-state index contributed by atoms with van der Waals surface area (Å²) in [4.78, 5) is 29.7. The maximum atomic E-state index is 13.7. The normalized spacial score (nSPS) is 14.9. The van der Waals surface area contributed by atoms with Gasteiger partial charge in [0, 0.05) is 46.0 Å². The van der Waals surface area contributed by atoms with Gasteiger partial charge in [-0.1, -0.05) is 26.3 Å². The molecule has 4 aromatic rings. The molecule has 0 atom stereocenters. The molecule has 0 spiro atoms. The fourth-order valence-corrected chi connectivity index (χ4v) is 6.53. The topological polar surface area (TPSA) is 138 Å². The maximum Gasteiger partial charge on any atom is 0.281 e. The van der Waals surface area contributed by atoms with Crippen LogP contribution < -0.4 is 10.3 Å². The molecular weight excluding hydrogens is 572 g/mol. The predicted octanol–water partition coefficient (Wildman–Crippen LogP) is 2.27. The van der Waals surface area contributed by atoms with Gasteiger partial charge in [0.1, 0.15) is 22.8 Å². The second-order valence-electron chi connectivity index (χ2n) is 10.2. The zero-order valence-corrected chi connectivity index (χ0v) is 25.9. The number of piperazine rings is 1. The summed E-state index contributed by atoms with van der Waals surface area (Å²) >= 11 is 0. The summed E-state index contributed by atoms with van der Waals surface area (Å²) in [5.41, 5.74) is 1.27. The number of hydrogen-bond acceptors (Lipinski definition) is 10. The van der Waals surface area contributed by atoms with Gasteiger partial charge in [0.05, 0.1) is 24.1 Å². The fraction of sp³-hybridized carbons (Fsp3) is 0.483. The molecule has 0 saturated carbocycles. The molecule has 14 heteroatoms. The smallest absolute Gasteiger partial charge is 0.281 e. The van der Waals surface area contributed by atoms with Crippen molar-refractivity contribution in [3.05, 3.63) is 52.7 Å². The van der Waals surface area contributed by atoms with E-state index >= 15 is 0 Å². The Morgan fingerprint density at radius 3 is 2.47 bits per heavy atom. The molecular formula is C29H38N8O5S. The number of aryl methyl sites for hydroxylation is 1. The van der Waals surface area contributed by atoms with Crippen LogP contribution in [0.2, 0.25) is 0 Å². The van der Waals surface area contributed by atoms with Gasteiger partial charge in [-0.3, -0.25) is 9.36 Å². The molecule has 0 aromatic carbocycles. The summed E-state index contributed by atoms with van der Waals surface area (Å²) in [6, 6.07) is 6.99. The lowest BCUT2D eigenvalue weighted by Crippen LogP contribution is -2.48. The number of aromatic nitrogens is 6. The Kier molecular flexibility index (Phi) is 9.49. The van der Waals surface area contributed by atoms with Gasteiger partial charge in [0.25, 0.3) is 5.56 Å². The van der Waals surface area contributed by atoms with E-state index in [2.05, 4.69) is 26.9 Å². The van der Waals surface area contributed by atoms with E-state index in [1.807, 2.05) is 32.0 Å². The first kappa shape index (κ1) is 30.7. The number of ether oxygens (including phenoxy) is 2. The van der Waals surface area contributed by atoms with Crippen LogP contribution >= 0.6 is 0 Å². The van der Waals surface area contributed by atoms with Crippen molar-refractivity contribution in [1.29, 1.82) is 0 Å². The molecule has 230 valence electrons. The van der Waals surface area contributed by atoms with Crippen molar-refractivity contribution in [1.82, 2.24) is 38.5 Å². The summed E-state index contributed by atoms with van der Waals surface area (Å²) in [7, 11) is -2.28. The first-order valence-corrected chi connectivity index (χ1v) is 16.1. The van der Waals surface area contributed by atoms with Crippen molar-refractivity contribution in [3.63, 3.8) is 0 Å². The molecule has 1 saturated heterocycles. The molecule has 4 aromatic heterocycles. The third-order valence-corrected chi connectivity index (χ3v) is 9.37. The highest BCUT2D eigenvalue weighted by molar-refractivity contribution is 7.89. The minimum absolute atomic E-state index is 0.0110. The average Bonchev–Trinajstić information content (AvgIpc) is 3.40. The van der Waals surface area contributed by atoms with Gasteiger partial charge in [-0.25, -0.2) is 28.1 Å². The minimum atomic E-state index is -3.86. The van der Waals surface area contributed by atoms with Crippen molar-refractivity contribution in [2.24, 2.45) is 7.05 Å². The van der Waals surface area contributed by atoms with Crippen molar-refractivity contribution >= 4 is 21.1 Å². The van der Waals surface area contributed by atoms with E-state index in [-0.39, 0.29) is 34.3 Å². The van der Waals surface area contributed by atoms with Gasteiger partial charge < -0.3 is 14.4 Å². The molecule has 0 N–H and O–H groups in total. The lowest BCUT2D eigenvalue weighted by atomic mass is 10.2. The largest absolute Gasteiger partial charge is 0.475 e. The lowest BCUT2D eigenvalue weighted by Gasteiger charge is -2.33. The molecule has 1 aliphatic rings. The van der Waals surface area contributed by atoms with Crippen LogP contribution in [0.3, 0.4) is 0 Å². The third-order valence-electron chi connectivity index (χ3n) is 7.50. The number of likely N-dealkylation sites (N-methyl/N-ethyl adjacent to an activating group) is 1. The number of nitrogens with zero attached hydrogens (tertiary/aromatic N) is 8. The van der Waals surface area contributed by atoms with Gasteiger partial charge in [-0.05, 0) is 38.1 Å². The first-order valence-electron chi connectivity index (χ1n) is 14.6. The average molecular weight is 611 g/mol. The molecule has 1 aliphatic heterocycles. The Balaban J connectivity index is 1.66. The summed E-state index contributed by atoms with van der Waals surface area (Å²) in [6.07, 6.45) is 4.35. The Labute approximate surface area is 251 Å². The molecule has 0 amide bonds. The molecule has 43 heavy (non-hydrogen) atoms. The van der Waals surface area contributed by atoms with Crippen LogP contribution in [0.4, 0.5) is 0 Å². The van der Waals surface area contributed by atoms with E-state index in [4.69, 9.17) is 14.5 Å². The summed E-state index contributed by atoms with van der Waals surface area (Å²) in [5.74, 6) is 0.957. The molecule has 0 aliphatic carbocycles. The SMILES string of the molecule is CCCc1c2nc(-c3cc(S(=O)(=O)N4CCN(CC)CC4)cnc3OCCOCC)n(C)c(=O)c2nn1-c1ccccn1. The zero-order valence-electron chi connectivity index (χ0n) is 25.1. The Morgan fingerprint density at radius 2 is 1.79 bits per heavy atom. The Hall–Kier alpha value is -3.72. The van der Waals surface area contributed by atoms with E-state index in [1.165, 1.54) is 21.1 Å². The molecule has 0 bridgehead atoms. The second-order valence-corrected chi connectivity index (χ2v) is 12.1. The first-order chi connectivity index (χ1) is 20.8. The number of hydrogen-bond donors (Lipinski definition) is 0. The van der Waals surface area contributed by atoms with E-state index in [1.54, 1.807) is 17.9 Å². The molecule has 1 fully saturated rings. The summed E-state index contributed by atoms with van der Waals surface area (Å²) in [5, 5.41) is 4.61. The quantitative estimate of drug-likeness (QED) is 0.220. The Bertz CT molecular complexity index is 1730. The summed E-state index contributed by atoms with van der Waals surface area (Å²) in [6.45, 7) is 9.96. The molecule has 0 unspecified atom stereocenters. The van der Waals surface area contributed by atoms with Crippen LogP contribution in [0.15, 0.2) is 46.3 Å². The van der Waals surface area contributed by atoms with E-state index < -0.39 is 10.0 Å². The van der Waals surface area contributed by atoms with Crippen molar-refractivity contribution < 1.29 is 17.9 Å². The number of pyridine rings is 2. The van der Waals surface area contributed by atoms with Crippen LogP contribution in [-0.4, -0.2) is 99.5 Å². The molecule has 13 nitrogen and oxygen atoms in total. The van der Waals surface area contributed by atoms with Crippen molar-refractivity contribution in [2.45, 2.75) is 38.5 Å². The summed E-state index contributed by atoms with van der Waals surface area (Å²) < 4.78 is 43.3. The maximum absolute atomic E-state index is 13.7. The zero-order chi connectivity index (χ0) is 30.6. The monoisotopic (exact) mass is 610 g/mol. The highest BCUT2D eigenvalue weighted by Crippen LogP contribution is 2.31. The van der Waals surface area contributed by atoms with Crippen LogP contribution in [0.5, 0.6) is 5.88 Å². The van der Waals surface area contributed by atoms with Crippen LogP contribution in [0.25, 0.3) is 28.2 Å².